The van der Waals surface area contributed by atoms with Gasteiger partial charge in [-0.05, 0) is 68.3 Å². The van der Waals surface area contributed by atoms with Crippen molar-refractivity contribution in [2.75, 3.05) is 31.6 Å². The van der Waals surface area contributed by atoms with Crippen molar-refractivity contribution >= 4 is 39.1 Å². The maximum absolute atomic E-state index is 14.0. The first kappa shape index (κ1) is 32.8. The lowest BCUT2D eigenvalue weighted by atomic mass is 10.1. The molecular weight excluding hydrogens is 578 g/mol. The molecule has 2 amide bonds. The van der Waals surface area contributed by atoms with Gasteiger partial charge in [-0.25, -0.2) is 8.42 Å². The van der Waals surface area contributed by atoms with E-state index in [1.165, 1.54) is 36.3 Å². The maximum Gasteiger partial charge on any atom is 0.264 e. The lowest BCUT2D eigenvalue weighted by Gasteiger charge is -2.32. The SMILES string of the molecule is CCCCNC(=O)C(C)N(Cc1ccc(OC)cc1)C(=O)CN(c1ccc(OC)c(Cl)c1)S(=O)(=O)c1ccc(C)cc1. The molecule has 3 rings (SSSR count). The normalized spacial score (nSPS) is 11.9. The molecule has 11 heteroatoms. The van der Waals surface area contributed by atoms with Gasteiger partial charge in [0, 0.05) is 13.1 Å². The van der Waals surface area contributed by atoms with Gasteiger partial charge in [0.2, 0.25) is 11.8 Å². The highest BCUT2D eigenvalue weighted by molar-refractivity contribution is 7.92. The number of methoxy groups -OCH3 is 2. The Balaban J connectivity index is 2.03. The Bertz CT molecular complexity index is 1460. The number of carbonyl (C=O) groups excluding carboxylic acids is 2. The molecule has 0 aliphatic rings. The van der Waals surface area contributed by atoms with Gasteiger partial charge in [-0.3, -0.25) is 13.9 Å². The summed E-state index contributed by atoms with van der Waals surface area (Å²) in [6.45, 7) is 5.48. The highest BCUT2D eigenvalue weighted by atomic mass is 35.5. The van der Waals surface area contributed by atoms with Crippen molar-refractivity contribution in [1.29, 1.82) is 0 Å². The number of unbranched alkanes of at least 4 members (excludes halogenated alkanes) is 1. The summed E-state index contributed by atoms with van der Waals surface area (Å²) in [5, 5.41) is 3.06. The van der Waals surface area contributed by atoms with Crippen LogP contribution >= 0.6 is 11.6 Å². The number of hydrogen-bond donors (Lipinski definition) is 1. The second-order valence-corrected chi connectivity index (χ2v) is 12.1. The van der Waals surface area contributed by atoms with Crippen LogP contribution in [0.4, 0.5) is 5.69 Å². The zero-order valence-electron chi connectivity index (χ0n) is 24.6. The molecule has 42 heavy (non-hydrogen) atoms. The third-order valence-corrected chi connectivity index (χ3v) is 8.90. The first-order valence-electron chi connectivity index (χ1n) is 13.6. The van der Waals surface area contributed by atoms with E-state index in [0.717, 1.165) is 28.3 Å². The number of hydrogen-bond acceptors (Lipinski definition) is 6. The van der Waals surface area contributed by atoms with Crippen molar-refractivity contribution in [2.24, 2.45) is 0 Å². The number of sulfonamides is 1. The molecule has 9 nitrogen and oxygen atoms in total. The van der Waals surface area contributed by atoms with Gasteiger partial charge in [-0.15, -0.1) is 0 Å². The minimum absolute atomic E-state index is 0.0138. The predicted octanol–water partition coefficient (Wildman–Crippen LogP) is 5.19. The van der Waals surface area contributed by atoms with E-state index in [2.05, 4.69) is 5.32 Å². The highest BCUT2D eigenvalue weighted by Gasteiger charge is 2.32. The van der Waals surface area contributed by atoms with Crippen LogP contribution in [0.15, 0.2) is 71.6 Å². The fourth-order valence-corrected chi connectivity index (χ4v) is 5.88. The zero-order chi connectivity index (χ0) is 30.9. The fourth-order valence-electron chi connectivity index (χ4n) is 4.22. The summed E-state index contributed by atoms with van der Waals surface area (Å²) in [6, 6.07) is 17.1. The predicted molar refractivity (Wildman–Crippen MR) is 165 cm³/mol. The molecule has 1 atom stereocenters. The Morgan fingerprint density at radius 1 is 0.976 bits per heavy atom. The maximum atomic E-state index is 14.0. The second-order valence-electron chi connectivity index (χ2n) is 9.83. The van der Waals surface area contributed by atoms with Crippen LogP contribution in [0.5, 0.6) is 11.5 Å². The Labute approximate surface area is 253 Å². The number of ether oxygens (including phenoxy) is 2. The Kier molecular flexibility index (Phi) is 11.6. The number of halogens is 1. The van der Waals surface area contributed by atoms with Crippen molar-refractivity contribution in [3.8, 4) is 11.5 Å². The molecule has 0 aliphatic carbocycles. The van der Waals surface area contributed by atoms with E-state index in [1.807, 2.05) is 13.8 Å². The number of anilines is 1. The van der Waals surface area contributed by atoms with Gasteiger partial charge in [0.25, 0.3) is 10.0 Å². The van der Waals surface area contributed by atoms with E-state index in [4.69, 9.17) is 21.1 Å². The minimum Gasteiger partial charge on any atom is -0.497 e. The molecule has 226 valence electrons. The molecule has 0 bridgehead atoms. The average Bonchev–Trinajstić information content (AvgIpc) is 2.98. The fraction of sp³-hybridized carbons (Fsp3) is 0.355. The Morgan fingerprint density at radius 3 is 2.21 bits per heavy atom. The van der Waals surface area contributed by atoms with Crippen LogP contribution < -0.4 is 19.1 Å². The van der Waals surface area contributed by atoms with Gasteiger partial charge in [0.1, 0.15) is 24.1 Å². The lowest BCUT2D eigenvalue weighted by Crippen LogP contribution is -2.51. The molecular formula is C31H38ClN3O6S. The van der Waals surface area contributed by atoms with Crippen molar-refractivity contribution in [2.45, 2.75) is 51.1 Å². The standard InChI is InChI=1S/C31H38ClN3O6S/c1-6-7-18-33-31(37)23(3)34(20-24-10-13-26(40-4)14-11-24)30(36)21-35(25-12-17-29(41-5)28(32)19-25)42(38,39)27-15-8-22(2)9-16-27/h8-17,19,23H,6-7,18,20-21H2,1-5H3,(H,33,37). The van der Waals surface area contributed by atoms with Crippen LogP contribution in [0.2, 0.25) is 5.02 Å². The van der Waals surface area contributed by atoms with Gasteiger partial charge >= 0.3 is 0 Å². The van der Waals surface area contributed by atoms with Crippen molar-refractivity contribution in [3.05, 3.63) is 82.9 Å². The smallest absolute Gasteiger partial charge is 0.264 e. The average molecular weight is 616 g/mol. The van der Waals surface area contributed by atoms with Gasteiger partial charge in [-0.2, -0.15) is 0 Å². The first-order chi connectivity index (χ1) is 20.0. The number of rotatable bonds is 14. The van der Waals surface area contributed by atoms with Crippen LogP contribution in [0.1, 0.15) is 37.8 Å². The van der Waals surface area contributed by atoms with Crippen molar-refractivity contribution in [3.63, 3.8) is 0 Å². The van der Waals surface area contributed by atoms with Crippen LogP contribution in [0.3, 0.4) is 0 Å². The van der Waals surface area contributed by atoms with Gasteiger partial charge < -0.3 is 19.7 Å². The van der Waals surface area contributed by atoms with Gasteiger partial charge in [0.15, 0.2) is 0 Å². The summed E-state index contributed by atoms with van der Waals surface area (Å²) >= 11 is 6.37. The van der Waals surface area contributed by atoms with Crippen LogP contribution in [0.25, 0.3) is 0 Å². The summed E-state index contributed by atoms with van der Waals surface area (Å²) in [7, 11) is -1.20. The zero-order valence-corrected chi connectivity index (χ0v) is 26.2. The molecule has 0 radical (unpaired) electrons. The number of amides is 2. The highest BCUT2D eigenvalue weighted by Crippen LogP contribution is 2.32. The first-order valence-corrected chi connectivity index (χ1v) is 15.5. The Hall–Kier alpha value is -3.76. The lowest BCUT2D eigenvalue weighted by molar-refractivity contribution is -0.139. The van der Waals surface area contributed by atoms with E-state index >= 15 is 0 Å². The third kappa shape index (κ3) is 8.17. The largest absolute Gasteiger partial charge is 0.497 e. The number of carbonyl (C=O) groups is 2. The van der Waals surface area contributed by atoms with E-state index in [0.29, 0.717) is 18.0 Å². The molecule has 3 aromatic carbocycles. The number of aryl methyl sites for hydroxylation is 1. The van der Waals surface area contributed by atoms with Crippen LogP contribution in [-0.2, 0) is 26.2 Å². The summed E-state index contributed by atoms with van der Waals surface area (Å²) in [5.41, 5.74) is 1.81. The molecule has 0 heterocycles. The van der Waals surface area contributed by atoms with E-state index in [1.54, 1.807) is 56.5 Å². The van der Waals surface area contributed by atoms with E-state index in [9.17, 15) is 18.0 Å². The molecule has 0 aliphatic heterocycles. The van der Waals surface area contributed by atoms with Gasteiger partial charge in [-0.1, -0.05) is 54.8 Å². The third-order valence-electron chi connectivity index (χ3n) is 6.82. The van der Waals surface area contributed by atoms with E-state index < -0.39 is 28.5 Å². The molecule has 1 unspecified atom stereocenters. The number of benzene rings is 3. The molecule has 0 spiro atoms. The summed E-state index contributed by atoms with van der Waals surface area (Å²) in [5.74, 6) is 0.115. The summed E-state index contributed by atoms with van der Waals surface area (Å²) in [4.78, 5) is 28.5. The minimum atomic E-state index is -4.21. The van der Waals surface area contributed by atoms with Gasteiger partial charge in [0.05, 0.1) is 29.8 Å². The van der Waals surface area contributed by atoms with Crippen LogP contribution in [0, 0.1) is 6.92 Å². The number of nitrogens with one attached hydrogen (secondary N) is 1. The molecule has 0 fully saturated rings. The quantitative estimate of drug-likeness (QED) is 0.250. The topological polar surface area (TPSA) is 105 Å². The second kappa shape index (κ2) is 14.9. The van der Waals surface area contributed by atoms with E-state index in [-0.39, 0.29) is 28.1 Å². The molecule has 0 saturated heterocycles. The number of nitrogens with zero attached hydrogens (tertiary/aromatic N) is 2. The van der Waals surface area contributed by atoms with Crippen molar-refractivity contribution in [1.82, 2.24) is 10.2 Å². The summed E-state index contributed by atoms with van der Waals surface area (Å²) < 4.78 is 39.4. The monoisotopic (exact) mass is 615 g/mol. The summed E-state index contributed by atoms with van der Waals surface area (Å²) in [6.07, 6.45) is 1.70. The molecule has 3 aromatic rings. The molecule has 0 saturated carbocycles. The van der Waals surface area contributed by atoms with Crippen LogP contribution in [-0.4, -0.2) is 58.5 Å². The molecule has 1 N–H and O–H groups in total. The Morgan fingerprint density at radius 2 is 1.64 bits per heavy atom. The molecule has 0 aromatic heterocycles. The van der Waals surface area contributed by atoms with Crippen molar-refractivity contribution < 1.29 is 27.5 Å².